The van der Waals surface area contributed by atoms with E-state index in [1.54, 1.807) is 0 Å². The standard InChI is InChI=1S/C16H15F2NO/c1-11(12-5-3-2-4-6-12)9-16(20)19-15-10-13(17)7-8-14(15)18/h2-8,10-11H,9H2,1H3,(H,19,20). The van der Waals surface area contributed by atoms with Gasteiger partial charge in [-0.1, -0.05) is 37.3 Å². The minimum atomic E-state index is -0.646. The van der Waals surface area contributed by atoms with Crippen LogP contribution in [0.4, 0.5) is 14.5 Å². The number of carbonyl (C=O) groups is 1. The Kier molecular flexibility index (Phi) is 4.45. The van der Waals surface area contributed by atoms with E-state index in [2.05, 4.69) is 5.32 Å². The molecule has 1 unspecified atom stereocenters. The Morgan fingerprint density at radius 1 is 1.15 bits per heavy atom. The van der Waals surface area contributed by atoms with Crippen LogP contribution in [0.2, 0.25) is 0 Å². The van der Waals surface area contributed by atoms with Crippen molar-refractivity contribution < 1.29 is 13.6 Å². The summed E-state index contributed by atoms with van der Waals surface area (Å²) in [7, 11) is 0. The second-order valence-electron chi connectivity index (χ2n) is 4.69. The van der Waals surface area contributed by atoms with Gasteiger partial charge in [-0.15, -0.1) is 0 Å². The quantitative estimate of drug-likeness (QED) is 0.894. The molecule has 2 rings (SSSR count). The van der Waals surface area contributed by atoms with E-state index in [0.717, 1.165) is 23.8 Å². The summed E-state index contributed by atoms with van der Waals surface area (Å²) >= 11 is 0. The maximum Gasteiger partial charge on any atom is 0.225 e. The van der Waals surface area contributed by atoms with Crippen LogP contribution < -0.4 is 5.32 Å². The lowest BCUT2D eigenvalue weighted by atomic mass is 9.97. The Labute approximate surface area is 116 Å². The summed E-state index contributed by atoms with van der Waals surface area (Å²) in [5.74, 6) is -1.57. The van der Waals surface area contributed by atoms with E-state index in [0.29, 0.717) is 0 Å². The zero-order valence-electron chi connectivity index (χ0n) is 11.1. The molecule has 0 heterocycles. The molecule has 0 saturated heterocycles. The Morgan fingerprint density at radius 2 is 1.85 bits per heavy atom. The van der Waals surface area contributed by atoms with Crippen molar-refractivity contribution in [2.75, 3.05) is 5.32 Å². The van der Waals surface area contributed by atoms with Crippen LogP contribution in [-0.4, -0.2) is 5.91 Å². The average molecular weight is 275 g/mol. The van der Waals surface area contributed by atoms with Gasteiger partial charge >= 0.3 is 0 Å². The van der Waals surface area contributed by atoms with Crippen LogP contribution in [-0.2, 0) is 4.79 Å². The minimum absolute atomic E-state index is 0.00724. The van der Waals surface area contributed by atoms with Crippen molar-refractivity contribution in [3.05, 3.63) is 65.7 Å². The van der Waals surface area contributed by atoms with Gasteiger partial charge in [-0.3, -0.25) is 4.79 Å². The number of anilines is 1. The third kappa shape index (κ3) is 3.63. The van der Waals surface area contributed by atoms with Gasteiger partial charge in [-0.05, 0) is 23.6 Å². The summed E-state index contributed by atoms with van der Waals surface area (Å²) in [5, 5.41) is 2.40. The molecule has 104 valence electrons. The number of hydrogen-bond donors (Lipinski definition) is 1. The smallest absolute Gasteiger partial charge is 0.225 e. The fourth-order valence-electron chi connectivity index (χ4n) is 1.97. The molecule has 1 amide bonds. The topological polar surface area (TPSA) is 29.1 Å². The van der Waals surface area contributed by atoms with Crippen LogP contribution >= 0.6 is 0 Å². The molecular weight excluding hydrogens is 260 g/mol. The van der Waals surface area contributed by atoms with Crippen LogP contribution in [0.3, 0.4) is 0 Å². The number of carbonyl (C=O) groups excluding carboxylic acids is 1. The van der Waals surface area contributed by atoms with Crippen LogP contribution in [0.15, 0.2) is 48.5 Å². The average Bonchev–Trinajstić information content (AvgIpc) is 2.43. The van der Waals surface area contributed by atoms with Crippen molar-refractivity contribution in [1.29, 1.82) is 0 Å². The maximum atomic E-state index is 13.4. The number of halogens is 2. The van der Waals surface area contributed by atoms with Gasteiger partial charge in [0.1, 0.15) is 11.6 Å². The third-order valence-corrected chi connectivity index (χ3v) is 3.06. The first kappa shape index (κ1) is 14.2. The zero-order valence-corrected chi connectivity index (χ0v) is 11.1. The molecule has 0 radical (unpaired) electrons. The largest absolute Gasteiger partial charge is 0.323 e. The molecule has 0 aromatic heterocycles. The Balaban J connectivity index is 2.01. The molecule has 0 bridgehead atoms. The van der Waals surface area contributed by atoms with Crippen LogP contribution in [0.1, 0.15) is 24.8 Å². The fourth-order valence-corrected chi connectivity index (χ4v) is 1.97. The maximum absolute atomic E-state index is 13.4. The second kappa shape index (κ2) is 6.28. The minimum Gasteiger partial charge on any atom is -0.323 e. The van der Waals surface area contributed by atoms with Crippen molar-refractivity contribution in [3.8, 4) is 0 Å². The van der Waals surface area contributed by atoms with Gasteiger partial charge < -0.3 is 5.32 Å². The van der Waals surface area contributed by atoms with Gasteiger partial charge in [0, 0.05) is 12.5 Å². The van der Waals surface area contributed by atoms with E-state index in [4.69, 9.17) is 0 Å². The summed E-state index contributed by atoms with van der Waals surface area (Å²) in [4.78, 5) is 11.9. The first-order chi connectivity index (χ1) is 9.56. The zero-order chi connectivity index (χ0) is 14.5. The molecule has 0 fully saturated rings. The summed E-state index contributed by atoms with van der Waals surface area (Å²) < 4.78 is 26.4. The molecule has 4 heteroatoms. The number of hydrogen-bond acceptors (Lipinski definition) is 1. The van der Waals surface area contributed by atoms with Crippen molar-refractivity contribution in [1.82, 2.24) is 0 Å². The van der Waals surface area contributed by atoms with Gasteiger partial charge in [0.05, 0.1) is 5.69 Å². The number of nitrogens with one attached hydrogen (secondary N) is 1. The first-order valence-electron chi connectivity index (χ1n) is 6.36. The highest BCUT2D eigenvalue weighted by Crippen LogP contribution is 2.20. The van der Waals surface area contributed by atoms with E-state index in [1.807, 2.05) is 37.3 Å². The van der Waals surface area contributed by atoms with Gasteiger partial charge in [0.25, 0.3) is 0 Å². The molecule has 2 nitrogen and oxygen atoms in total. The van der Waals surface area contributed by atoms with Crippen molar-refractivity contribution in [3.63, 3.8) is 0 Å². The number of rotatable bonds is 4. The van der Waals surface area contributed by atoms with E-state index in [-0.39, 0.29) is 23.9 Å². The van der Waals surface area contributed by atoms with Gasteiger partial charge in [-0.25, -0.2) is 8.78 Å². The van der Waals surface area contributed by atoms with Crippen LogP contribution in [0.5, 0.6) is 0 Å². The lowest BCUT2D eigenvalue weighted by Gasteiger charge is -2.12. The molecule has 0 saturated carbocycles. The van der Waals surface area contributed by atoms with Crippen molar-refractivity contribution in [2.45, 2.75) is 19.3 Å². The van der Waals surface area contributed by atoms with E-state index < -0.39 is 11.6 Å². The molecule has 2 aromatic rings. The van der Waals surface area contributed by atoms with Crippen molar-refractivity contribution in [2.24, 2.45) is 0 Å². The van der Waals surface area contributed by atoms with Gasteiger partial charge in [0.2, 0.25) is 5.91 Å². The molecule has 0 spiro atoms. The molecule has 1 atom stereocenters. The molecule has 1 N–H and O–H groups in total. The van der Waals surface area contributed by atoms with Crippen molar-refractivity contribution >= 4 is 11.6 Å². The van der Waals surface area contributed by atoms with E-state index in [9.17, 15) is 13.6 Å². The number of benzene rings is 2. The number of amides is 1. The first-order valence-corrected chi connectivity index (χ1v) is 6.36. The monoisotopic (exact) mass is 275 g/mol. The summed E-state index contributed by atoms with van der Waals surface area (Å²) in [6, 6.07) is 12.5. The molecule has 0 aliphatic carbocycles. The summed E-state index contributed by atoms with van der Waals surface area (Å²) in [6.07, 6.45) is 0.208. The lowest BCUT2D eigenvalue weighted by molar-refractivity contribution is -0.116. The molecule has 0 aliphatic heterocycles. The molecule has 20 heavy (non-hydrogen) atoms. The lowest BCUT2D eigenvalue weighted by Crippen LogP contribution is -2.15. The molecule has 0 aliphatic rings. The summed E-state index contributed by atoms with van der Waals surface area (Å²) in [5.41, 5.74) is 0.901. The highest BCUT2D eigenvalue weighted by atomic mass is 19.1. The van der Waals surface area contributed by atoms with Crippen LogP contribution in [0.25, 0.3) is 0 Å². The molecular formula is C16H15F2NO. The Bertz CT molecular complexity index is 599. The van der Waals surface area contributed by atoms with E-state index >= 15 is 0 Å². The van der Waals surface area contributed by atoms with Gasteiger partial charge in [-0.2, -0.15) is 0 Å². The Hall–Kier alpha value is -2.23. The van der Waals surface area contributed by atoms with Crippen LogP contribution in [0, 0.1) is 11.6 Å². The predicted molar refractivity (Wildman–Crippen MR) is 74.5 cm³/mol. The van der Waals surface area contributed by atoms with E-state index in [1.165, 1.54) is 0 Å². The van der Waals surface area contributed by atoms with Gasteiger partial charge in [0.15, 0.2) is 0 Å². The third-order valence-electron chi connectivity index (χ3n) is 3.06. The highest BCUT2D eigenvalue weighted by Gasteiger charge is 2.13. The normalized spacial score (nSPS) is 11.9. The predicted octanol–water partition coefficient (Wildman–Crippen LogP) is 4.10. The summed E-state index contributed by atoms with van der Waals surface area (Å²) in [6.45, 7) is 1.91. The SMILES string of the molecule is CC(CC(=O)Nc1cc(F)ccc1F)c1ccccc1. The Morgan fingerprint density at radius 3 is 2.55 bits per heavy atom. The highest BCUT2D eigenvalue weighted by molar-refractivity contribution is 5.91. The molecule has 2 aromatic carbocycles. The fraction of sp³-hybridized carbons (Fsp3) is 0.188. The second-order valence-corrected chi connectivity index (χ2v) is 4.69.